The molecule has 0 spiro atoms. The number of esters is 1. The van der Waals surface area contributed by atoms with E-state index in [1.54, 1.807) is 0 Å². The maximum Gasteiger partial charge on any atom is 0.308 e. The van der Waals surface area contributed by atoms with Crippen molar-refractivity contribution in [2.24, 2.45) is 0 Å². The molecule has 0 saturated heterocycles. The minimum Gasteiger partial charge on any atom is -0.491 e. The zero-order valence-electron chi connectivity index (χ0n) is 16.0. The molecule has 0 bridgehead atoms. The Kier molecular flexibility index (Phi) is 5.65. The molecule has 0 amide bonds. The number of benzene rings is 2. The van der Waals surface area contributed by atoms with Gasteiger partial charge in [0.05, 0.1) is 6.10 Å². The predicted octanol–water partition coefficient (Wildman–Crippen LogP) is 5.65. The topological polar surface area (TPSA) is 35.5 Å². The van der Waals surface area contributed by atoms with Crippen LogP contribution in [-0.2, 0) is 10.2 Å². The quantitative estimate of drug-likeness (QED) is 0.515. The van der Waals surface area contributed by atoms with Gasteiger partial charge in [0.2, 0.25) is 0 Å². The van der Waals surface area contributed by atoms with Crippen LogP contribution in [0.1, 0.15) is 64.0 Å². The van der Waals surface area contributed by atoms with Crippen LogP contribution in [0.15, 0.2) is 48.5 Å². The third-order valence-corrected chi connectivity index (χ3v) is 5.15. The summed E-state index contributed by atoms with van der Waals surface area (Å²) in [5.74, 6) is 1.23. The van der Waals surface area contributed by atoms with Gasteiger partial charge in [-0.2, -0.15) is 0 Å². The van der Waals surface area contributed by atoms with E-state index >= 15 is 0 Å². The van der Waals surface area contributed by atoms with E-state index in [1.807, 2.05) is 26.0 Å². The van der Waals surface area contributed by atoms with Gasteiger partial charge >= 0.3 is 5.97 Å². The molecule has 0 aliphatic heterocycles. The van der Waals surface area contributed by atoms with E-state index in [1.165, 1.54) is 37.3 Å². The fourth-order valence-electron chi connectivity index (χ4n) is 4.03. The van der Waals surface area contributed by atoms with Crippen molar-refractivity contribution in [1.82, 2.24) is 0 Å². The van der Waals surface area contributed by atoms with Crippen LogP contribution >= 0.6 is 0 Å². The fourth-order valence-corrected chi connectivity index (χ4v) is 4.03. The molecule has 2 aromatic rings. The van der Waals surface area contributed by atoms with E-state index in [0.29, 0.717) is 5.75 Å². The summed E-state index contributed by atoms with van der Waals surface area (Å²) in [5.41, 5.74) is 2.67. The molecular formula is C23H28O3. The molecule has 0 unspecified atom stereocenters. The van der Waals surface area contributed by atoms with Crippen molar-refractivity contribution >= 4 is 5.97 Å². The normalized spacial score (nSPS) is 16.3. The third-order valence-electron chi connectivity index (χ3n) is 5.15. The summed E-state index contributed by atoms with van der Waals surface area (Å²) in [5, 5.41) is 0. The molecule has 1 aliphatic carbocycles. The van der Waals surface area contributed by atoms with Crippen LogP contribution in [0.4, 0.5) is 0 Å². The van der Waals surface area contributed by atoms with E-state index < -0.39 is 0 Å². The van der Waals surface area contributed by atoms with Crippen molar-refractivity contribution in [3.63, 3.8) is 0 Å². The smallest absolute Gasteiger partial charge is 0.308 e. The Morgan fingerprint density at radius 2 is 1.35 bits per heavy atom. The maximum absolute atomic E-state index is 11.2. The SMILES string of the molecule is CC(=O)Oc1ccc(C2(c3ccc(OC(C)C)cc3)CCCCC2)cc1. The van der Waals surface area contributed by atoms with E-state index in [0.717, 1.165) is 18.6 Å². The Labute approximate surface area is 156 Å². The minimum absolute atomic E-state index is 0.0311. The molecule has 1 fully saturated rings. The Bertz CT molecular complexity index is 723. The number of ether oxygens (including phenoxy) is 2. The second-order valence-corrected chi connectivity index (χ2v) is 7.45. The molecular weight excluding hydrogens is 324 g/mol. The number of hydrogen-bond donors (Lipinski definition) is 0. The van der Waals surface area contributed by atoms with E-state index in [9.17, 15) is 4.79 Å². The Hall–Kier alpha value is -2.29. The molecule has 0 heterocycles. The van der Waals surface area contributed by atoms with Crippen molar-refractivity contribution in [1.29, 1.82) is 0 Å². The van der Waals surface area contributed by atoms with Gasteiger partial charge in [-0.25, -0.2) is 0 Å². The molecule has 138 valence electrons. The zero-order chi connectivity index (χ0) is 18.6. The number of hydrogen-bond acceptors (Lipinski definition) is 3. The molecule has 0 radical (unpaired) electrons. The summed E-state index contributed by atoms with van der Waals surface area (Å²) in [4.78, 5) is 11.2. The summed E-state index contributed by atoms with van der Waals surface area (Å²) >= 11 is 0. The molecule has 2 aromatic carbocycles. The molecule has 3 nitrogen and oxygen atoms in total. The van der Waals surface area contributed by atoms with Gasteiger partial charge < -0.3 is 9.47 Å². The highest BCUT2D eigenvalue weighted by Crippen LogP contribution is 2.45. The zero-order valence-corrected chi connectivity index (χ0v) is 16.0. The maximum atomic E-state index is 11.2. The highest BCUT2D eigenvalue weighted by Gasteiger charge is 2.35. The average molecular weight is 352 g/mol. The van der Waals surface area contributed by atoms with E-state index in [2.05, 4.69) is 36.4 Å². The summed E-state index contributed by atoms with van der Waals surface area (Å²) in [6.45, 7) is 5.51. The van der Waals surface area contributed by atoms with Gasteiger partial charge in [-0.05, 0) is 62.1 Å². The Balaban J connectivity index is 1.92. The average Bonchev–Trinajstić information content (AvgIpc) is 2.62. The van der Waals surface area contributed by atoms with Crippen molar-refractivity contribution in [2.75, 3.05) is 0 Å². The highest BCUT2D eigenvalue weighted by atomic mass is 16.5. The van der Waals surface area contributed by atoms with Gasteiger partial charge in [-0.1, -0.05) is 43.5 Å². The Morgan fingerprint density at radius 3 is 1.81 bits per heavy atom. The van der Waals surface area contributed by atoms with Gasteiger partial charge in [0.1, 0.15) is 11.5 Å². The van der Waals surface area contributed by atoms with Gasteiger partial charge in [-0.15, -0.1) is 0 Å². The second kappa shape index (κ2) is 7.94. The lowest BCUT2D eigenvalue weighted by Gasteiger charge is -2.38. The Morgan fingerprint density at radius 1 is 0.846 bits per heavy atom. The third kappa shape index (κ3) is 4.09. The molecule has 3 heteroatoms. The minimum atomic E-state index is -0.286. The molecule has 0 N–H and O–H groups in total. The fraction of sp³-hybridized carbons (Fsp3) is 0.435. The van der Waals surface area contributed by atoms with Crippen LogP contribution in [0.5, 0.6) is 11.5 Å². The van der Waals surface area contributed by atoms with Crippen molar-refractivity contribution in [3.8, 4) is 11.5 Å². The lowest BCUT2D eigenvalue weighted by molar-refractivity contribution is -0.131. The first-order valence-corrected chi connectivity index (χ1v) is 9.56. The number of carbonyl (C=O) groups is 1. The summed E-state index contributed by atoms with van der Waals surface area (Å²) in [6, 6.07) is 16.6. The van der Waals surface area contributed by atoms with Gasteiger partial charge in [0, 0.05) is 12.3 Å². The standard InChI is InChI=1S/C23H28O3/c1-17(2)25-21-11-7-19(8-12-21)23(15-5-4-6-16-23)20-9-13-22(14-10-20)26-18(3)24/h7-14,17H,4-6,15-16H2,1-3H3. The summed E-state index contributed by atoms with van der Waals surface area (Å²) in [6.07, 6.45) is 6.22. The monoisotopic (exact) mass is 352 g/mol. The van der Waals surface area contributed by atoms with Crippen LogP contribution in [0.3, 0.4) is 0 Å². The molecule has 0 atom stereocenters. The lowest BCUT2D eigenvalue weighted by atomic mass is 9.65. The first-order valence-electron chi connectivity index (χ1n) is 9.56. The van der Waals surface area contributed by atoms with Crippen molar-refractivity contribution < 1.29 is 14.3 Å². The predicted molar refractivity (Wildman–Crippen MR) is 104 cm³/mol. The number of carbonyl (C=O) groups excluding carboxylic acids is 1. The summed E-state index contributed by atoms with van der Waals surface area (Å²) in [7, 11) is 0. The van der Waals surface area contributed by atoms with Gasteiger partial charge in [0.15, 0.2) is 0 Å². The van der Waals surface area contributed by atoms with Crippen LogP contribution in [-0.4, -0.2) is 12.1 Å². The molecule has 1 saturated carbocycles. The summed E-state index contributed by atoms with van der Waals surface area (Å²) < 4.78 is 11.0. The molecule has 1 aliphatic rings. The van der Waals surface area contributed by atoms with Gasteiger partial charge in [0.25, 0.3) is 0 Å². The van der Waals surface area contributed by atoms with E-state index in [4.69, 9.17) is 9.47 Å². The second-order valence-electron chi connectivity index (χ2n) is 7.45. The van der Waals surface area contributed by atoms with Crippen LogP contribution in [0.2, 0.25) is 0 Å². The van der Waals surface area contributed by atoms with Crippen LogP contribution in [0, 0.1) is 0 Å². The highest BCUT2D eigenvalue weighted by molar-refractivity contribution is 5.69. The molecule has 26 heavy (non-hydrogen) atoms. The first kappa shape index (κ1) is 18.5. The number of rotatable bonds is 5. The van der Waals surface area contributed by atoms with Crippen molar-refractivity contribution in [3.05, 3.63) is 59.7 Å². The first-order chi connectivity index (χ1) is 12.5. The van der Waals surface area contributed by atoms with Crippen LogP contribution in [0.25, 0.3) is 0 Å². The largest absolute Gasteiger partial charge is 0.491 e. The van der Waals surface area contributed by atoms with E-state index in [-0.39, 0.29) is 17.5 Å². The van der Waals surface area contributed by atoms with Crippen molar-refractivity contribution in [2.45, 2.75) is 64.4 Å². The van der Waals surface area contributed by atoms with Crippen LogP contribution < -0.4 is 9.47 Å². The molecule has 3 rings (SSSR count). The van der Waals surface area contributed by atoms with Gasteiger partial charge in [-0.3, -0.25) is 4.79 Å². The molecule has 0 aromatic heterocycles. The lowest BCUT2D eigenvalue weighted by Crippen LogP contribution is -2.30.